The number of halogens is 1. The fourth-order valence-corrected chi connectivity index (χ4v) is 1.41. The number of nitrogens with zero attached hydrogens (tertiary/aromatic N) is 1. The Hall–Kier alpha value is -0.450. The largest absolute Gasteiger partial charge is 0.772 e. The van der Waals surface area contributed by atoms with Gasteiger partial charge >= 0.3 is 0 Å². The van der Waals surface area contributed by atoms with Gasteiger partial charge in [-0.3, -0.25) is 9.19 Å². The summed E-state index contributed by atoms with van der Waals surface area (Å²) in [6.45, 7) is 0. The zero-order valence-corrected chi connectivity index (χ0v) is 7.77. The molecule has 3 nitrogen and oxygen atoms in total. The first-order valence-electron chi connectivity index (χ1n) is 3.27. The van der Waals surface area contributed by atoms with Crippen molar-refractivity contribution in [3.05, 3.63) is 29.6 Å². The lowest BCUT2D eigenvalue weighted by Gasteiger charge is -2.04. The molecule has 1 heterocycles. The van der Waals surface area contributed by atoms with Crippen LogP contribution in [0.4, 0.5) is 0 Å². The Labute approximate surface area is 78.1 Å². The van der Waals surface area contributed by atoms with Crippen LogP contribution >= 0.6 is 11.6 Å². The van der Waals surface area contributed by atoms with Gasteiger partial charge in [0.15, 0.2) is 0 Å². The Morgan fingerprint density at radius 2 is 2.17 bits per heavy atom. The van der Waals surface area contributed by atoms with Crippen LogP contribution in [0.5, 0.6) is 0 Å². The van der Waals surface area contributed by atoms with Crippen LogP contribution in [0.3, 0.4) is 0 Å². The summed E-state index contributed by atoms with van der Waals surface area (Å²) in [5, 5.41) is 0. The molecule has 1 aromatic rings. The van der Waals surface area contributed by atoms with Crippen molar-refractivity contribution >= 4 is 22.7 Å². The normalized spacial score (nSPS) is 12.8. The summed E-state index contributed by atoms with van der Waals surface area (Å²) in [5.41, 5.74) is 1.50. The SMILES string of the molecule is O=S([O-])Cc1cncc(CCl)c1. The Balaban J connectivity index is 2.79. The molecule has 5 heteroatoms. The highest BCUT2D eigenvalue weighted by Crippen LogP contribution is 2.06. The molecule has 66 valence electrons. The second kappa shape index (κ2) is 4.54. The number of aromatic nitrogens is 1. The van der Waals surface area contributed by atoms with Crippen molar-refractivity contribution < 1.29 is 8.76 Å². The second-order valence-corrected chi connectivity index (χ2v) is 3.45. The zero-order valence-electron chi connectivity index (χ0n) is 6.20. The van der Waals surface area contributed by atoms with E-state index in [2.05, 4.69) is 4.98 Å². The van der Waals surface area contributed by atoms with Gasteiger partial charge in [0.05, 0.1) is 0 Å². The van der Waals surface area contributed by atoms with Gasteiger partial charge in [-0.05, 0) is 11.1 Å². The van der Waals surface area contributed by atoms with E-state index in [0.717, 1.165) is 5.56 Å². The molecule has 1 atom stereocenters. The Morgan fingerprint density at radius 3 is 2.75 bits per heavy atom. The van der Waals surface area contributed by atoms with Crippen molar-refractivity contribution in [3.63, 3.8) is 0 Å². The molecular formula is C7H7ClNO2S-. The average Bonchev–Trinajstić information content (AvgIpc) is 2.03. The fraction of sp³-hybridized carbons (Fsp3) is 0.286. The van der Waals surface area contributed by atoms with E-state index < -0.39 is 11.1 Å². The van der Waals surface area contributed by atoms with Crippen molar-refractivity contribution in [2.45, 2.75) is 11.6 Å². The summed E-state index contributed by atoms with van der Waals surface area (Å²) in [7, 11) is 0. The molecule has 0 saturated heterocycles. The van der Waals surface area contributed by atoms with Crippen molar-refractivity contribution in [1.29, 1.82) is 0 Å². The number of hydrogen-bond donors (Lipinski definition) is 0. The Morgan fingerprint density at radius 1 is 1.50 bits per heavy atom. The maximum Gasteiger partial charge on any atom is 0.0489 e. The van der Waals surface area contributed by atoms with Crippen LogP contribution in [0.15, 0.2) is 18.5 Å². The van der Waals surface area contributed by atoms with Gasteiger partial charge in [-0.25, -0.2) is 0 Å². The van der Waals surface area contributed by atoms with Crippen molar-refractivity contribution in [2.24, 2.45) is 0 Å². The molecule has 0 bridgehead atoms. The number of hydrogen-bond acceptors (Lipinski definition) is 3. The van der Waals surface area contributed by atoms with E-state index in [-0.39, 0.29) is 5.75 Å². The minimum Gasteiger partial charge on any atom is -0.772 e. The third kappa shape index (κ3) is 2.89. The standard InChI is InChI=1S/C7H8ClNO2S/c8-2-6-1-7(4-9-3-6)5-12(10)11/h1,3-4H,2,5H2,(H,10,11)/p-1. The van der Waals surface area contributed by atoms with Crippen LogP contribution in [0, 0.1) is 0 Å². The molecule has 1 rings (SSSR count). The molecule has 0 radical (unpaired) electrons. The summed E-state index contributed by atoms with van der Waals surface area (Å²) in [5.74, 6) is 0.351. The molecule has 0 aliphatic heterocycles. The summed E-state index contributed by atoms with van der Waals surface area (Å²) in [6.07, 6.45) is 3.13. The van der Waals surface area contributed by atoms with E-state index in [0.29, 0.717) is 11.4 Å². The highest BCUT2D eigenvalue weighted by atomic mass is 35.5. The molecule has 0 aromatic carbocycles. The second-order valence-electron chi connectivity index (χ2n) is 2.28. The number of rotatable bonds is 3. The lowest BCUT2D eigenvalue weighted by Crippen LogP contribution is -1.95. The smallest absolute Gasteiger partial charge is 0.0489 e. The van der Waals surface area contributed by atoms with E-state index in [1.165, 1.54) is 6.20 Å². The molecule has 0 saturated carbocycles. The van der Waals surface area contributed by atoms with Crippen LogP contribution in [0.2, 0.25) is 0 Å². The number of pyridine rings is 1. The maximum absolute atomic E-state index is 10.3. The summed E-state index contributed by atoms with van der Waals surface area (Å²) >= 11 is 3.48. The Bertz CT molecular complexity index is 292. The fourth-order valence-electron chi connectivity index (χ4n) is 0.830. The number of alkyl halides is 1. The molecule has 0 spiro atoms. The third-order valence-corrected chi connectivity index (χ3v) is 2.17. The molecule has 0 fully saturated rings. The highest BCUT2D eigenvalue weighted by molar-refractivity contribution is 7.78. The summed E-state index contributed by atoms with van der Waals surface area (Å²) in [4.78, 5) is 3.85. The van der Waals surface area contributed by atoms with Gasteiger partial charge in [0, 0.05) is 24.0 Å². The van der Waals surface area contributed by atoms with Gasteiger partial charge < -0.3 is 4.55 Å². The van der Waals surface area contributed by atoms with E-state index in [1.54, 1.807) is 12.3 Å². The zero-order chi connectivity index (χ0) is 8.97. The van der Waals surface area contributed by atoms with Gasteiger partial charge in [0.25, 0.3) is 0 Å². The van der Waals surface area contributed by atoms with E-state index in [4.69, 9.17) is 11.6 Å². The topological polar surface area (TPSA) is 53.0 Å². The molecule has 0 aliphatic carbocycles. The third-order valence-electron chi connectivity index (χ3n) is 1.29. The predicted molar refractivity (Wildman–Crippen MR) is 46.4 cm³/mol. The van der Waals surface area contributed by atoms with Crippen molar-refractivity contribution in [1.82, 2.24) is 4.98 Å². The van der Waals surface area contributed by atoms with Crippen molar-refractivity contribution in [3.8, 4) is 0 Å². The average molecular weight is 205 g/mol. The quantitative estimate of drug-likeness (QED) is 0.549. The monoisotopic (exact) mass is 204 g/mol. The minimum absolute atomic E-state index is 0.00225. The summed E-state index contributed by atoms with van der Waals surface area (Å²) in [6, 6.07) is 1.73. The van der Waals surface area contributed by atoms with Crippen LogP contribution in [0.25, 0.3) is 0 Å². The van der Waals surface area contributed by atoms with E-state index in [1.807, 2.05) is 0 Å². The first-order chi connectivity index (χ1) is 5.72. The Kier molecular flexibility index (Phi) is 3.65. The van der Waals surface area contributed by atoms with Gasteiger partial charge in [-0.2, -0.15) is 0 Å². The van der Waals surface area contributed by atoms with Gasteiger partial charge in [-0.15, -0.1) is 11.6 Å². The highest BCUT2D eigenvalue weighted by Gasteiger charge is 1.95. The van der Waals surface area contributed by atoms with Crippen LogP contribution in [0.1, 0.15) is 11.1 Å². The summed E-state index contributed by atoms with van der Waals surface area (Å²) < 4.78 is 20.6. The van der Waals surface area contributed by atoms with Crippen LogP contribution < -0.4 is 0 Å². The van der Waals surface area contributed by atoms with E-state index >= 15 is 0 Å². The molecule has 0 aliphatic rings. The predicted octanol–water partition coefficient (Wildman–Crippen LogP) is 1.20. The van der Waals surface area contributed by atoms with Crippen LogP contribution in [-0.4, -0.2) is 13.7 Å². The molecule has 1 aromatic heterocycles. The van der Waals surface area contributed by atoms with Gasteiger partial charge in [-0.1, -0.05) is 17.1 Å². The lowest BCUT2D eigenvalue weighted by atomic mass is 10.2. The van der Waals surface area contributed by atoms with E-state index in [9.17, 15) is 8.76 Å². The maximum atomic E-state index is 10.3. The molecule has 0 N–H and O–H groups in total. The molecular weight excluding hydrogens is 198 g/mol. The minimum atomic E-state index is -2.06. The van der Waals surface area contributed by atoms with Crippen LogP contribution in [-0.2, 0) is 22.7 Å². The lowest BCUT2D eigenvalue weighted by molar-refractivity contribution is 0.536. The van der Waals surface area contributed by atoms with Gasteiger partial charge in [0.2, 0.25) is 0 Å². The molecule has 12 heavy (non-hydrogen) atoms. The first-order valence-corrected chi connectivity index (χ1v) is 5.05. The first kappa shape index (κ1) is 9.64. The molecule has 1 unspecified atom stereocenters. The molecule has 0 amide bonds. The van der Waals surface area contributed by atoms with Gasteiger partial charge in [0.1, 0.15) is 0 Å². The van der Waals surface area contributed by atoms with Crippen molar-refractivity contribution in [2.75, 3.05) is 0 Å².